The Bertz CT molecular complexity index is 162. The summed E-state index contributed by atoms with van der Waals surface area (Å²) >= 11 is 5.44. The van der Waals surface area contributed by atoms with Crippen LogP contribution in [0.5, 0.6) is 0 Å². The van der Waals surface area contributed by atoms with Crippen LogP contribution in [-0.4, -0.2) is 43.4 Å². The van der Waals surface area contributed by atoms with E-state index in [9.17, 15) is 4.79 Å². The zero-order valence-electron chi connectivity index (χ0n) is 9.51. The van der Waals surface area contributed by atoms with E-state index in [1.165, 1.54) is 0 Å². The molecule has 0 aliphatic rings. The minimum atomic E-state index is -0.0841. The van der Waals surface area contributed by atoms with Crippen LogP contribution in [0.15, 0.2) is 0 Å². The molecule has 0 radical (unpaired) electrons. The fraction of sp³-hybridized carbons (Fsp3) is 0.900. The number of nitrogens with one attached hydrogen (secondary N) is 1. The maximum atomic E-state index is 11.1. The molecule has 1 atom stereocenters. The van der Waals surface area contributed by atoms with Crippen molar-refractivity contribution in [3.63, 3.8) is 0 Å². The van der Waals surface area contributed by atoms with Crippen molar-refractivity contribution in [2.75, 3.05) is 26.5 Å². The van der Waals surface area contributed by atoms with Gasteiger partial charge in [-0.15, -0.1) is 11.6 Å². The Morgan fingerprint density at radius 3 is 2.36 bits per heavy atom. The Morgan fingerprint density at radius 2 is 2.00 bits per heavy atom. The van der Waals surface area contributed by atoms with Gasteiger partial charge < -0.3 is 10.2 Å². The molecule has 84 valence electrons. The van der Waals surface area contributed by atoms with Crippen LogP contribution in [0.4, 0.5) is 0 Å². The Kier molecular flexibility index (Phi) is 6.93. The second-order valence-electron chi connectivity index (χ2n) is 4.29. The van der Waals surface area contributed by atoms with Gasteiger partial charge in [0.05, 0.1) is 0 Å². The highest BCUT2D eigenvalue weighted by atomic mass is 35.5. The van der Waals surface area contributed by atoms with Crippen LogP contribution in [0.3, 0.4) is 0 Å². The van der Waals surface area contributed by atoms with E-state index in [1.807, 2.05) is 14.1 Å². The van der Waals surface area contributed by atoms with Crippen molar-refractivity contribution in [3.05, 3.63) is 0 Å². The second kappa shape index (κ2) is 7.07. The van der Waals surface area contributed by atoms with Gasteiger partial charge in [-0.3, -0.25) is 4.79 Å². The smallest absolute Gasteiger partial charge is 0.235 e. The average Bonchev–Trinajstić information content (AvgIpc) is 2.01. The van der Waals surface area contributed by atoms with E-state index >= 15 is 0 Å². The van der Waals surface area contributed by atoms with E-state index in [4.69, 9.17) is 11.6 Å². The van der Waals surface area contributed by atoms with E-state index in [2.05, 4.69) is 24.1 Å². The van der Waals surface area contributed by atoms with E-state index in [0.717, 1.165) is 13.0 Å². The molecule has 0 fully saturated rings. The molecule has 0 rings (SSSR count). The van der Waals surface area contributed by atoms with Crippen molar-refractivity contribution in [1.29, 1.82) is 0 Å². The summed E-state index contributed by atoms with van der Waals surface area (Å²) < 4.78 is 0. The Hall–Kier alpha value is -0.280. The quantitative estimate of drug-likeness (QED) is 0.685. The molecule has 0 saturated heterocycles. The van der Waals surface area contributed by atoms with Crippen LogP contribution in [0.2, 0.25) is 0 Å². The molecule has 1 amide bonds. The highest BCUT2D eigenvalue weighted by Gasteiger charge is 2.13. The summed E-state index contributed by atoms with van der Waals surface area (Å²) in [5, 5.41) is 2.92. The molecule has 0 spiro atoms. The van der Waals surface area contributed by atoms with Crippen LogP contribution in [-0.2, 0) is 4.79 Å². The number of carbonyl (C=O) groups is 1. The SMILES string of the molecule is CC(C)CC(CN(C)C)NC(=O)CCl. The lowest BCUT2D eigenvalue weighted by Gasteiger charge is -2.23. The molecule has 14 heavy (non-hydrogen) atoms. The third-order valence-corrected chi connectivity index (χ3v) is 2.07. The molecule has 0 saturated carbocycles. The van der Waals surface area contributed by atoms with Gasteiger partial charge in [0.1, 0.15) is 5.88 Å². The van der Waals surface area contributed by atoms with Crippen LogP contribution in [0.25, 0.3) is 0 Å². The Morgan fingerprint density at radius 1 is 1.43 bits per heavy atom. The summed E-state index contributed by atoms with van der Waals surface area (Å²) in [5.74, 6) is 0.539. The molecule has 0 aliphatic carbocycles. The lowest BCUT2D eigenvalue weighted by atomic mass is 10.0. The maximum Gasteiger partial charge on any atom is 0.235 e. The predicted octanol–water partition coefficient (Wildman–Crippen LogP) is 1.32. The first-order chi connectivity index (χ1) is 6.45. The molecular formula is C10H21ClN2O. The van der Waals surface area contributed by atoms with Crippen molar-refractivity contribution in [2.45, 2.75) is 26.3 Å². The number of alkyl halides is 1. The lowest BCUT2D eigenvalue weighted by Crippen LogP contribution is -2.43. The number of carbonyl (C=O) groups excluding carboxylic acids is 1. The number of rotatable bonds is 6. The first-order valence-electron chi connectivity index (χ1n) is 4.95. The van der Waals surface area contributed by atoms with Crippen LogP contribution < -0.4 is 5.32 Å². The van der Waals surface area contributed by atoms with Crippen molar-refractivity contribution >= 4 is 17.5 Å². The molecule has 0 aliphatic heterocycles. The van der Waals surface area contributed by atoms with Crippen LogP contribution in [0.1, 0.15) is 20.3 Å². The van der Waals surface area contributed by atoms with Gasteiger partial charge in [0.15, 0.2) is 0 Å². The van der Waals surface area contributed by atoms with E-state index in [0.29, 0.717) is 5.92 Å². The fourth-order valence-corrected chi connectivity index (χ4v) is 1.53. The highest BCUT2D eigenvalue weighted by molar-refractivity contribution is 6.27. The third kappa shape index (κ3) is 7.15. The van der Waals surface area contributed by atoms with Crippen LogP contribution >= 0.6 is 11.6 Å². The normalized spacial score (nSPS) is 13.4. The Balaban J connectivity index is 4.03. The third-order valence-electron chi connectivity index (χ3n) is 1.83. The molecule has 1 unspecified atom stereocenters. The molecule has 0 aromatic carbocycles. The number of likely N-dealkylation sites (N-methyl/N-ethyl adjacent to an activating group) is 1. The van der Waals surface area contributed by atoms with Crippen LogP contribution in [0, 0.1) is 5.92 Å². The van der Waals surface area contributed by atoms with Gasteiger partial charge in [-0.2, -0.15) is 0 Å². The number of halogens is 1. The average molecular weight is 221 g/mol. The largest absolute Gasteiger partial charge is 0.351 e. The van der Waals surface area contributed by atoms with Gasteiger partial charge in [0.2, 0.25) is 5.91 Å². The molecule has 0 aromatic heterocycles. The van der Waals surface area contributed by atoms with Gasteiger partial charge in [-0.05, 0) is 26.4 Å². The lowest BCUT2D eigenvalue weighted by molar-refractivity contribution is -0.119. The maximum absolute atomic E-state index is 11.1. The topological polar surface area (TPSA) is 32.3 Å². The van der Waals surface area contributed by atoms with Gasteiger partial charge in [0.25, 0.3) is 0 Å². The molecule has 3 nitrogen and oxygen atoms in total. The fourth-order valence-electron chi connectivity index (χ4n) is 1.46. The minimum absolute atomic E-state index is 0.0437. The zero-order valence-corrected chi connectivity index (χ0v) is 10.3. The highest BCUT2D eigenvalue weighted by Crippen LogP contribution is 2.05. The number of amides is 1. The minimum Gasteiger partial charge on any atom is -0.351 e. The number of hydrogen-bond donors (Lipinski definition) is 1. The summed E-state index contributed by atoms with van der Waals surface area (Å²) in [6.07, 6.45) is 0.987. The summed E-state index contributed by atoms with van der Waals surface area (Å²) in [5.41, 5.74) is 0. The first-order valence-corrected chi connectivity index (χ1v) is 5.49. The summed E-state index contributed by atoms with van der Waals surface area (Å²) in [6.45, 7) is 5.16. The van der Waals surface area contributed by atoms with Gasteiger partial charge in [-0.1, -0.05) is 13.8 Å². The monoisotopic (exact) mass is 220 g/mol. The van der Waals surface area contributed by atoms with Crippen molar-refractivity contribution < 1.29 is 4.79 Å². The van der Waals surface area contributed by atoms with Crippen molar-refractivity contribution in [1.82, 2.24) is 10.2 Å². The summed E-state index contributed by atoms with van der Waals surface area (Å²) in [7, 11) is 4.00. The zero-order chi connectivity index (χ0) is 11.1. The molecule has 1 N–H and O–H groups in total. The summed E-state index contributed by atoms with van der Waals surface area (Å²) in [4.78, 5) is 13.2. The Labute approximate surface area is 91.8 Å². The molecule has 0 aromatic rings. The van der Waals surface area contributed by atoms with Crippen molar-refractivity contribution in [3.8, 4) is 0 Å². The van der Waals surface area contributed by atoms with E-state index in [-0.39, 0.29) is 17.8 Å². The van der Waals surface area contributed by atoms with E-state index < -0.39 is 0 Å². The summed E-state index contributed by atoms with van der Waals surface area (Å²) in [6, 6.07) is 0.205. The number of hydrogen-bond acceptors (Lipinski definition) is 2. The molecule has 0 heterocycles. The molecule has 0 bridgehead atoms. The standard InChI is InChI=1S/C10H21ClN2O/c1-8(2)5-9(7-13(3)4)12-10(14)6-11/h8-9H,5-7H2,1-4H3,(H,12,14). The molecule has 4 heteroatoms. The van der Waals surface area contributed by atoms with Gasteiger partial charge in [0, 0.05) is 12.6 Å². The van der Waals surface area contributed by atoms with E-state index in [1.54, 1.807) is 0 Å². The van der Waals surface area contributed by atoms with Gasteiger partial charge >= 0.3 is 0 Å². The number of nitrogens with zero attached hydrogens (tertiary/aromatic N) is 1. The molecular weight excluding hydrogens is 200 g/mol. The first kappa shape index (κ1) is 13.7. The van der Waals surface area contributed by atoms with Crippen molar-refractivity contribution in [2.24, 2.45) is 5.92 Å². The predicted molar refractivity (Wildman–Crippen MR) is 60.7 cm³/mol. The second-order valence-corrected chi connectivity index (χ2v) is 4.56. The van der Waals surface area contributed by atoms with Gasteiger partial charge in [-0.25, -0.2) is 0 Å².